The molecular weight excluding hydrogens is 344 g/mol. The summed E-state index contributed by atoms with van der Waals surface area (Å²) < 4.78 is 0. The van der Waals surface area contributed by atoms with Crippen LogP contribution in [0, 0.1) is 0 Å². The molecule has 28 heavy (non-hydrogen) atoms. The van der Waals surface area contributed by atoms with E-state index in [0.29, 0.717) is 0 Å². The van der Waals surface area contributed by atoms with Crippen molar-refractivity contribution < 1.29 is 4.79 Å². The van der Waals surface area contributed by atoms with Crippen molar-refractivity contribution in [3.05, 3.63) is 95.6 Å². The summed E-state index contributed by atoms with van der Waals surface area (Å²) in [6, 6.07) is 27.8. The van der Waals surface area contributed by atoms with Crippen LogP contribution >= 0.6 is 0 Å². The Kier molecular flexibility index (Phi) is 5.16. The molecule has 0 aromatic heterocycles. The minimum absolute atomic E-state index is 0.101. The second-order valence-corrected chi connectivity index (χ2v) is 7.59. The molecule has 3 heteroatoms. The zero-order valence-electron chi connectivity index (χ0n) is 16.4. The molecule has 2 unspecified atom stereocenters. The van der Waals surface area contributed by atoms with Gasteiger partial charge in [-0.05, 0) is 54.7 Å². The van der Waals surface area contributed by atoms with E-state index in [4.69, 9.17) is 0 Å². The Morgan fingerprint density at radius 3 is 2.29 bits per heavy atom. The molecule has 1 amide bonds. The monoisotopic (exact) mass is 370 g/mol. The third-order valence-electron chi connectivity index (χ3n) is 5.47. The molecule has 1 aliphatic rings. The summed E-state index contributed by atoms with van der Waals surface area (Å²) in [7, 11) is 0. The smallest absolute Gasteiger partial charge is 0.224 e. The molecule has 0 radical (unpaired) electrons. The lowest BCUT2D eigenvalue weighted by atomic mass is 9.91. The van der Waals surface area contributed by atoms with Gasteiger partial charge >= 0.3 is 0 Å². The van der Waals surface area contributed by atoms with Gasteiger partial charge in [0.15, 0.2) is 0 Å². The number of para-hydroxylation sites is 1. The van der Waals surface area contributed by atoms with Crippen molar-refractivity contribution >= 4 is 17.3 Å². The third-order valence-corrected chi connectivity index (χ3v) is 5.47. The van der Waals surface area contributed by atoms with Crippen LogP contribution in [0.2, 0.25) is 0 Å². The molecule has 0 saturated carbocycles. The number of nitrogens with zero attached hydrogens (tertiary/aromatic N) is 1. The van der Waals surface area contributed by atoms with Gasteiger partial charge in [-0.25, -0.2) is 0 Å². The molecule has 2 atom stereocenters. The highest BCUT2D eigenvalue weighted by Crippen LogP contribution is 2.38. The highest BCUT2D eigenvalue weighted by Gasteiger charge is 2.31. The van der Waals surface area contributed by atoms with Gasteiger partial charge in [0.1, 0.15) is 0 Å². The Morgan fingerprint density at radius 2 is 1.57 bits per heavy atom. The number of fused-ring (bicyclic) bond motifs is 1. The van der Waals surface area contributed by atoms with Crippen LogP contribution in [-0.4, -0.2) is 11.9 Å². The van der Waals surface area contributed by atoms with Crippen LogP contribution in [0.4, 0.5) is 11.4 Å². The van der Waals surface area contributed by atoms with Gasteiger partial charge in [0.25, 0.3) is 0 Å². The Balaban J connectivity index is 1.52. The maximum atomic E-state index is 12.1. The second-order valence-electron chi connectivity index (χ2n) is 7.59. The average molecular weight is 370 g/mol. The maximum Gasteiger partial charge on any atom is 0.224 e. The number of carbonyl (C=O) groups excluding carboxylic acids is 1. The van der Waals surface area contributed by atoms with Crippen LogP contribution in [0.3, 0.4) is 0 Å². The van der Waals surface area contributed by atoms with Gasteiger partial charge in [-0.1, -0.05) is 60.7 Å². The second kappa shape index (κ2) is 7.89. The highest BCUT2D eigenvalue weighted by molar-refractivity contribution is 5.93. The summed E-state index contributed by atoms with van der Waals surface area (Å²) in [5, 5.41) is 3.68. The van der Waals surface area contributed by atoms with E-state index in [0.717, 1.165) is 24.2 Å². The van der Waals surface area contributed by atoms with Gasteiger partial charge in [-0.2, -0.15) is 0 Å². The normalized spacial score (nSPS) is 18.4. The van der Waals surface area contributed by atoms with Crippen molar-refractivity contribution in [2.45, 2.75) is 38.8 Å². The van der Waals surface area contributed by atoms with E-state index >= 15 is 0 Å². The molecule has 1 aliphatic heterocycles. The first-order valence-electron chi connectivity index (χ1n) is 9.90. The van der Waals surface area contributed by atoms with E-state index in [1.165, 1.54) is 16.7 Å². The molecule has 4 rings (SSSR count). The van der Waals surface area contributed by atoms with Gasteiger partial charge in [0, 0.05) is 24.3 Å². The van der Waals surface area contributed by atoms with Gasteiger partial charge in [-0.3, -0.25) is 4.79 Å². The fourth-order valence-electron chi connectivity index (χ4n) is 4.18. The van der Waals surface area contributed by atoms with Crippen LogP contribution in [0.25, 0.3) is 0 Å². The quantitative estimate of drug-likeness (QED) is 0.650. The zero-order valence-corrected chi connectivity index (χ0v) is 16.4. The van der Waals surface area contributed by atoms with Gasteiger partial charge in [-0.15, -0.1) is 0 Å². The Hall–Kier alpha value is -3.07. The predicted octanol–water partition coefficient (Wildman–Crippen LogP) is 5.58. The highest BCUT2D eigenvalue weighted by atomic mass is 16.2. The molecule has 1 heterocycles. The molecule has 0 aliphatic carbocycles. The van der Waals surface area contributed by atoms with Crippen molar-refractivity contribution in [3.63, 3.8) is 0 Å². The molecule has 3 aromatic carbocycles. The fraction of sp³-hybridized carbons (Fsp3) is 0.240. The topological polar surface area (TPSA) is 32.3 Å². The van der Waals surface area contributed by atoms with Crippen molar-refractivity contribution in [1.29, 1.82) is 0 Å². The number of amides is 1. The number of carbonyl (C=O) groups is 1. The molecule has 3 nitrogen and oxygen atoms in total. The van der Waals surface area contributed by atoms with Crippen molar-refractivity contribution in [1.82, 2.24) is 0 Å². The van der Waals surface area contributed by atoms with E-state index in [9.17, 15) is 4.79 Å². The summed E-state index contributed by atoms with van der Waals surface area (Å²) in [4.78, 5) is 14.0. The van der Waals surface area contributed by atoms with Crippen molar-refractivity contribution in [2.75, 3.05) is 10.2 Å². The largest absolute Gasteiger partial charge is 0.378 e. The van der Waals surface area contributed by atoms with Crippen LogP contribution < -0.4 is 10.2 Å². The summed E-state index contributed by atoms with van der Waals surface area (Å²) >= 11 is 0. The van der Waals surface area contributed by atoms with E-state index in [1.807, 2.05) is 29.2 Å². The van der Waals surface area contributed by atoms with Crippen molar-refractivity contribution in [2.24, 2.45) is 0 Å². The van der Waals surface area contributed by atoms with E-state index in [1.54, 1.807) is 6.92 Å². The molecule has 0 saturated heterocycles. The molecular formula is C25H26N2O. The maximum absolute atomic E-state index is 12.1. The number of hydrogen-bond donors (Lipinski definition) is 1. The first-order valence-corrected chi connectivity index (χ1v) is 9.90. The number of hydrogen-bond acceptors (Lipinski definition) is 2. The predicted molar refractivity (Wildman–Crippen MR) is 116 cm³/mol. The van der Waals surface area contributed by atoms with Crippen LogP contribution in [0.1, 0.15) is 43.0 Å². The first-order chi connectivity index (χ1) is 13.6. The van der Waals surface area contributed by atoms with E-state index in [2.05, 4.69) is 66.8 Å². The summed E-state index contributed by atoms with van der Waals surface area (Å²) in [5.41, 5.74) is 5.94. The number of anilines is 2. The Morgan fingerprint density at radius 1 is 0.929 bits per heavy atom. The van der Waals surface area contributed by atoms with Crippen molar-refractivity contribution in [3.8, 4) is 0 Å². The number of benzene rings is 3. The molecule has 0 bridgehead atoms. The Bertz CT molecular complexity index is 950. The minimum Gasteiger partial charge on any atom is -0.378 e. The lowest BCUT2D eigenvalue weighted by Crippen LogP contribution is -2.43. The molecule has 1 N–H and O–H groups in total. The lowest BCUT2D eigenvalue weighted by Gasteiger charge is -2.39. The number of rotatable bonds is 4. The van der Waals surface area contributed by atoms with E-state index in [-0.39, 0.29) is 18.0 Å². The molecule has 0 spiro atoms. The van der Waals surface area contributed by atoms with Crippen LogP contribution in [0.5, 0.6) is 0 Å². The SMILES string of the molecule is CC(=O)N1c2ccccc2C(Nc2ccc(Cc3ccccc3)cc2)CC1C. The standard InChI is InChI=1S/C25H26N2O/c1-18-16-24(23-10-6-7-11-25(23)27(18)19(2)28)26-22-14-12-21(13-15-22)17-20-8-4-3-5-9-20/h3-15,18,24,26H,16-17H2,1-2H3. The molecule has 142 valence electrons. The van der Waals surface area contributed by atoms with Gasteiger partial charge < -0.3 is 10.2 Å². The summed E-state index contributed by atoms with van der Waals surface area (Å²) in [6.45, 7) is 3.77. The number of nitrogens with one attached hydrogen (secondary N) is 1. The zero-order chi connectivity index (χ0) is 19.5. The molecule has 0 fully saturated rings. The van der Waals surface area contributed by atoms with Gasteiger partial charge in [0.2, 0.25) is 5.91 Å². The fourth-order valence-corrected chi connectivity index (χ4v) is 4.18. The first kappa shape index (κ1) is 18.3. The van der Waals surface area contributed by atoms with Crippen LogP contribution in [0.15, 0.2) is 78.9 Å². The molecule has 3 aromatic rings. The third kappa shape index (κ3) is 3.79. The van der Waals surface area contributed by atoms with E-state index < -0.39 is 0 Å². The minimum atomic E-state index is 0.101. The summed E-state index contributed by atoms with van der Waals surface area (Å²) in [6.07, 6.45) is 1.83. The van der Waals surface area contributed by atoms with Gasteiger partial charge in [0.05, 0.1) is 6.04 Å². The average Bonchev–Trinajstić information content (AvgIpc) is 2.70. The summed E-state index contributed by atoms with van der Waals surface area (Å²) in [5.74, 6) is 0.101. The Labute approximate surface area is 167 Å². The van der Waals surface area contributed by atoms with Crippen LogP contribution in [-0.2, 0) is 11.2 Å². The lowest BCUT2D eigenvalue weighted by molar-refractivity contribution is -0.117.